The first kappa shape index (κ1) is 13.6. The molecular formula is C11H8ClIN2O2S. The molecule has 0 aliphatic carbocycles. The van der Waals surface area contributed by atoms with Crippen LogP contribution in [0.2, 0.25) is 5.02 Å². The van der Waals surface area contributed by atoms with Crippen LogP contribution in [0.5, 0.6) is 0 Å². The van der Waals surface area contributed by atoms with E-state index in [1.807, 2.05) is 0 Å². The Balaban J connectivity index is 2.33. The van der Waals surface area contributed by atoms with Gasteiger partial charge in [-0.15, -0.1) is 0 Å². The number of aromatic nitrogens is 1. The molecule has 0 atom stereocenters. The van der Waals surface area contributed by atoms with Crippen LogP contribution in [-0.4, -0.2) is 13.4 Å². The smallest absolute Gasteiger partial charge is 0.263 e. The number of hydrogen-bond acceptors (Lipinski definition) is 3. The van der Waals surface area contributed by atoms with E-state index in [0.717, 1.165) is 3.57 Å². The normalized spacial score (nSPS) is 11.2. The lowest BCUT2D eigenvalue weighted by molar-refractivity contribution is 0.601. The number of hydrogen-bond donors (Lipinski definition) is 1. The number of anilines is 1. The van der Waals surface area contributed by atoms with Gasteiger partial charge in [0.2, 0.25) is 0 Å². The minimum atomic E-state index is -3.70. The van der Waals surface area contributed by atoms with Crippen LogP contribution in [-0.2, 0) is 10.0 Å². The van der Waals surface area contributed by atoms with Gasteiger partial charge in [-0.3, -0.25) is 4.72 Å². The Hall–Kier alpha value is -0.860. The third-order valence-corrected chi connectivity index (χ3v) is 4.59. The summed E-state index contributed by atoms with van der Waals surface area (Å²) in [6.07, 6.45) is 1.57. The molecule has 0 spiro atoms. The van der Waals surface area contributed by atoms with E-state index in [4.69, 9.17) is 11.6 Å². The maximum absolute atomic E-state index is 12.1. The Morgan fingerprint density at radius 3 is 2.50 bits per heavy atom. The highest BCUT2D eigenvalue weighted by Gasteiger charge is 2.17. The van der Waals surface area contributed by atoms with E-state index >= 15 is 0 Å². The fraction of sp³-hybridized carbons (Fsp3) is 0. The van der Waals surface area contributed by atoms with Crippen molar-refractivity contribution in [2.75, 3.05) is 4.72 Å². The van der Waals surface area contributed by atoms with Gasteiger partial charge in [0.1, 0.15) is 10.7 Å². The van der Waals surface area contributed by atoms with Crippen molar-refractivity contribution in [1.29, 1.82) is 0 Å². The molecule has 18 heavy (non-hydrogen) atoms. The van der Waals surface area contributed by atoms with E-state index in [1.54, 1.807) is 30.5 Å². The van der Waals surface area contributed by atoms with Gasteiger partial charge in [0, 0.05) is 9.77 Å². The van der Waals surface area contributed by atoms with Crippen LogP contribution in [0.15, 0.2) is 47.5 Å². The molecule has 0 aliphatic rings. The number of nitrogens with one attached hydrogen (secondary N) is 1. The van der Waals surface area contributed by atoms with Crippen molar-refractivity contribution < 1.29 is 8.42 Å². The molecule has 2 aromatic rings. The number of benzene rings is 1. The van der Waals surface area contributed by atoms with Crippen LogP contribution in [0, 0.1) is 3.57 Å². The Kier molecular flexibility index (Phi) is 4.08. The molecule has 7 heteroatoms. The zero-order valence-electron chi connectivity index (χ0n) is 8.97. The average molecular weight is 395 g/mol. The van der Waals surface area contributed by atoms with E-state index in [0.29, 0.717) is 0 Å². The van der Waals surface area contributed by atoms with E-state index in [9.17, 15) is 8.42 Å². The maximum atomic E-state index is 12.1. The van der Waals surface area contributed by atoms with Gasteiger partial charge in [0.15, 0.2) is 0 Å². The molecule has 1 aromatic carbocycles. The molecule has 0 amide bonds. The lowest BCUT2D eigenvalue weighted by Crippen LogP contribution is -2.14. The summed E-state index contributed by atoms with van der Waals surface area (Å²) in [5.74, 6) is 0.260. The standard InChI is InChI=1S/C11H8ClIN2O2S/c12-9-3-1-2-4-10(9)18(16,17)15-11-6-5-8(13)7-14-11/h1-7H,(H,14,15). The molecule has 0 saturated carbocycles. The van der Waals surface area contributed by atoms with Gasteiger partial charge >= 0.3 is 0 Å². The highest BCUT2D eigenvalue weighted by molar-refractivity contribution is 14.1. The average Bonchev–Trinajstić information content (AvgIpc) is 2.32. The molecule has 2 rings (SSSR count). The molecule has 0 fully saturated rings. The second-order valence-electron chi connectivity index (χ2n) is 3.40. The Morgan fingerprint density at radius 1 is 1.17 bits per heavy atom. The molecule has 1 aromatic heterocycles. The van der Waals surface area contributed by atoms with Crippen molar-refractivity contribution in [3.63, 3.8) is 0 Å². The van der Waals surface area contributed by atoms with Gasteiger partial charge in [-0.2, -0.15) is 0 Å². The lowest BCUT2D eigenvalue weighted by Gasteiger charge is -2.08. The zero-order chi connectivity index (χ0) is 13.2. The molecule has 0 saturated heterocycles. The molecule has 0 radical (unpaired) electrons. The topological polar surface area (TPSA) is 59.1 Å². The highest BCUT2D eigenvalue weighted by atomic mass is 127. The van der Waals surface area contributed by atoms with Gasteiger partial charge in [0.25, 0.3) is 10.0 Å². The molecule has 0 bridgehead atoms. The quantitative estimate of drug-likeness (QED) is 0.814. The van der Waals surface area contributed by atoms with Crippen molar-refractivity contribution in [3.05, 3.63) is 51.2 Å². The van der Waals surface area contributed by atoms with E-state index in [-0.39, 0.29) is 15.7 Å². The Labute approximate surface area is 124 Å². The highest BCUT2D eigenvalue weighted by Crippen LogP contribution is 2.22. The molecule has 1 N–H and O–H groups in total. The van der Waals surface area contributed by atoms with E-state index in [2.05, 4.69) is 32.3 Å². The van der Waals surface area contributed by atoms with E-state index < -0.39 is 10.0 Å². The number of halogens is 2. The molecule has 94 valence electrons. The minimum absolute atomic E-state index is 0.0343. The predicted molar refractivity (Wildman–Crippen MR) is 79.2 cm³/mol. The van der Waals surface area contributed by atoms with Crippen molar-refractivity contribution in [3.8, 4) is 0 Å². The van der Waals surface area contributed by atoms with Crippen molar-refractivity contribution >= 4 is 50.0 Å². The third-order valence-electron chi connectivity index (χ3n) is 2.09. The molecule has 4 nitrogen and oxygen atoms in total. The van der Waals surface area contributed by atoms with Crippen LogP contribution in [0.4, 0.5) is 5.82 Å². The van der Waals surface area contributed by atoms with Crippen molar-refractivity contribution in [2.45, 2.75) is 4.90 Å². The van der Waals surface area contributed by atoms with Gasteiger partial charge in [-0.25, -0.2) is 13.4 Å². The fourth-order valence-corrected chi connectivity index (χ4v) is 3.14. The SMILES string of the molecule is O=S(=O)(Nc1ccc(I)cn1)c1ccccc1Cl. The lowest BCUT2D eigenvalue weighted by atomic mass is 10.4. The van der Waals surface area contributed by atoms with E-state index in [1.165, 1.54) is 12.1 Å². The van der Waals surface area contributed by atoms with Gasteiger partial charge in [-0.1, -0.05) is 23.7 Å². The third kappa shape index (κ3) is 3.12. The van der Waals surface area contributed by atoms with Gasteiger partial charge in [-0.05, 0) is 46.9 Å². The number of rotatable bonds is 3. The summed E-state index contributed by atoms with van der Waals surface area (Å²) in [5, 5.41) is 0.176. The first-order chi connectivity index (χ1) is 8.49. The Morgan fingerprint density at radius 2 is 1.89 bits per heavy atom. The molecular weight excluding hydrogens is 387 g/mol. The molecule has 1 heterocycles. The number of sulfonamides is 1. The van der Waals surface area contributed by atoms with Crippen LogP contribution in [0.1, 0.15) is 0 Å². The first-order valence-corrected chi connectivity index (χ1v) is 7.82. The summed E-state index contributed by atoms with van der Waals surface area (Å²) in [6.45, 7) is 0. The number of nitrogens with zero attached hydrogens (tertiary/aromatic N) is 1. The summed E-state index contributed by atoms with van der Waals surface area (Å²) in [7, 11) is -3.70. The largest absolute Gasteiger partial charge is 0.264 e. The maximum Gasteiger partial charge on any atom is 0.264 e. The van der Waals surface area contributed by atoms with Crippen LogP contribution in [0.25, 0.3) is 0 Å². The summed E-state index contributed by atoms with van der Waals surface area (Å²) in [4.78, 5) is 4.01. The number of pyridine rings is 1. The van der Waals surface area contributed by atoms with Crippen LogP contribution in [0.3, 0.4) is 0 Å². The van der Waals surface area contributed by atoms with Crippen LogP contribution >= 0.6 is 34.2 Å². The zero-order valence-corrected chi connectivity index (χ0v) is 12.7. The van der Waals surface area contributed by atoms with Gasteiger partial charge in [0.05, 0.1) is 5.02 Å². The minimum Gasteiger partial charge on any atom is -0.263 e. The molecule has 0 aliphatic heterocycles. The monoisotopic (exact) mass is 394 g/mol. The van der Waals surface area contributed by atoms with Crippen molar-refractivity contribution in [1.82, 2.24) is 4.98 Å². The summed E-state index contributed by atoms with van der Waals surface area (Å²) >= 11 is 7.95. The van der Waals surface area contributed by atoms with Crippen LogP contribution < -0.4 is 4.72 Å². The second kappa shape index (κ2) is 5.41. The summed E-state index contributed by atoms with van der Waals surface area (Å²) in [5.41, 5.74) is 0. The van der Waals surface area contributed by atoms with Gasteiger partial charge < -0.3 is 0 Å². The predicted octanol–water partition coefficient (Wildman–Crippen LogP) is 3.14. The summed E-state index contributed by atoms with van der Waals surface area (Å²) < 4.78 is 27.4. The van der Waals surface area contributed by atoms with Crippen molar-refractivity contribution in [2.24, 2.45) is 0 Å². The Bertz CT molecular complexity index is 659. The summed E-state index contributed by atoms with van der Waals surface area (Å²) in [6, 6.07) is 9.61. The fourth-order valence-electron chi connectivity index (χ4n) is 1.29. The molecule has 0 unspecified atom stereocenters. The second-order valence-corrected chi connectivity index (χ2v) is 6.70. The first-order valence-electron chi connectivity index (χ1n) is 4.88.